The van der Waals surface area contributed by atoms with Crippen molar-refractivity contribution in [3.05, 3.63) is 77.5 Å². The van der Waals surface area contributed by atoms with Gasteiger partial charge in [-0.05, 0) is 54.6 Å². The van der Waals surface area contributed by atoms with Crippen molar-refractivity contribution in [2.24, 2.45) is 0 Å². The molecule has 3 aromatic rings. The van der Waals surface area contributed by atoms with Gasteiger partial charge in [-0.25, -0.2) is 4.98 Å². The van der Waals surface area contributed by atoms with Gasteiger partial charge in [0.15, 0.2) is 6.29 Å². The van der Waals surface area contributed by atoms with Crippen LogP contribution in [0.15, 0.2) is 60.7 Å². The van der Waals surface area contributed by atoms with E-state index in [0.29, 0.717) is 17.5 Å². The fourth-order valence-electron chi connectivity index (χ4n) is 2.41. The normalized spacial score (nSPS) is 10.9. The summed E-state index contributed by atoms with van der Waals surface area (Å²) in [4.78, 5) is 15.0. The van der Waals surface area contributed by atoms with Crippen LogP contribution in [0.4, 0.5) is 13.2 Å². The molecule has 0 amide bonds. The molecule has 0 saturated heterocycles. The second-order valence-corrected chi connectivity index (χ2v) is 5.51. The number of carbonyl (C=O) groups excluding carboxylic acids is 1. The minimum absolute atomic E-state index is 0.105. The van der Waals surface area contributed by atoms with Gasteiger partial charge in [-0.3, -0.25) is 4.79 Å². The largest absolute Gasteiger partial charge is 0.457 e. The fraction of sp³-hybridized carbons (Fsp3) is 0.0500. The van der Waals surface area contributed by atoms with Gasteiger partial charge in [-0.15, -0.1) is 0 Å². The summed E-state index contributed by atoms with van der Waals surface area (Å²) in [6, 6.07) is 16.0. The Hall–Kier alpha value is -3.66. The van der Waals surface area contributed by atoms with Gasteiger partial charge in [0.1, 0.15) is 17.2 Å². The highest BCUT2D eigenvalue weighted by atomic mass is 19.4. The van der Waals surface area contributed by atoms with Gasteiger partial charge in [0.2, 0.25) is 0 Å². The van der Waals surface area contributed by atoms with Crippen molar-refractivity contribution in [2.45, 2.75) is 6.18 Å². The molecule has 0 aliphatic heterocycles. The van der Waals surface area contributed by atoms with Crippen LogP contribution in [0.5, 0.6) is 11.5 Å². The number of hydrogen-bond donors (Lipinski definition) is 0. The van der Waals surface area contributed by atoms with Crippen molar-refractivity contribution >= 4 is 6.29 Å². The molecule has 0 atom stereocenters. The predicted octanol–water partition coefficient (Wildman–Crippen LogP) is 5.24. The average molecular weight is 368 g/mol. The second kappa shape index (κ2) is 7.30. The zero-order valence-electron chi connectivity index (χ0n) is 13.7. The van der Waals surface area contributed by atoms with Crippen molar-refractivity contribution in [1.82, 2.24) is 4.98 Å². The number of hydrogen-bond acceptors (Lipinski definition) is 4. The Labute approximate surface area is 152 Å². The van der Waals surface area contributed by atoms with Crippen molar-refractivity contribution in [2.75, 3.05) is 0 Å². The van der Waals surface area contributed by atoms with Gasteiger partial charge in [0, 0.05) is 5.56 Å². The number of benzene rings is 2. The number of aromatic nitrogens is 1. The molecule has 0 spiro atoms. The summed E-state index contributed by atoms with van der Waals surface area (Å²) in [7, 11) is 0. The molecule has 7 heteroatoms. The predicted molar refractivity (Wildman–Crippen MR) is 91.3 cm³/mol. The molecule has 0 fully saturated rings. The lowest BCUT2D eigenvalue weighted by molar-refractivity contribution is -0.138. The monoisotopic (exact) mass is 368 g/mol. The lowest BCUT2D eigenvalue weighted by Crippen LogP contribution is -2.07. The van der Waals surface area contributed by atoms with Crippen LogP contribution in [-0.2, 0) is 6.18 Å². The number of nitrogens with zero attached hydrogens (tertiary/aromatic N) is 2. The van der Waals surface area contributed by atoms with E-state index >= 15 is 0 Å². The van der Waals surface area contributed by atoms with E-state index in [4.69, 9.17) is 10.00 Å². The Bertz CT molecular complexity index is 1020. The maximum absolute atomic E-state index is 13.2. The highest BCUT2D eigenvalue weighted by Gasteiger charge is 2.35. The molecule has 2 aromatic carbocycles. The van der Waals surface area contributed by atoms with E-state index in [0.717, 1.165) is 12.1 Å². The molecule has 0 aliphatic carbocycles. The maximum Gasteiger partial charge on any atom is 0.420 e. The van der Waals surface area contributed by atoms with Crippen LogP contribution in [0.1, 0.15) is 21.6 Å². The first-order valence-corrected chi connectivity index (χ1v) is 7.72. The van der Waals surface area contributed by atoms with Crippen molar-refractivity contribution in [3.63, 3.8) is 0 Å². The number of halogens is 3. The van der Waals surface area contributed by atoms with Crippen molar-refractivity contribution in [1.29, 1.82) is 5.26 Å². The van der Waals surface area contributed by atoms with Crippen LogP contribution in [-0.4, -0.2) is 11.3 Å². The van der Waals surface area contributed by atoms with Crippen LogP contribution >= 0.6 is 0 Å². The van der Waals surface area contributed by atoms with E-state index in [2.05, 4.69) is 4.98 Å². The third-order valence-electron chi connectivity index (χ3n) is 3.68. The van der Waals surface area contributed by atoms with Gasteiger partial charge < -0.3 is 4.74 Å². The Morgan fingerprint density at radius 3 is 2.41 bits per heavy atom. The summed E-state index contributed by atoms with van der Waals surface area (Å²) >= 11 is 0. The molecule has 0 N–H and O–H groups in total. The third-order valence-corrected chi connectivity index (χ3v) is 3.68. The zero-order valence-corrected chi connectivity index (χ0v) is 13.7. The lowest BCUT2D eigenvalue weighted by atomic mass is 10.1. The van der Waals surface area contributed by atoms with Crippen LogP contribution in [0.25, 0.3) is 11.3 Å². The van der Waals surface area contributed by atoms with Crippen LogP contribution in [0.3, 0.4) is 0 Å². The number of rotatable bonds is 4. The summed E-state index contributed by atoms with van der Waals surface area (Å²) in [5.74, 6) is -0.198. The molecule has 0 saturated carbocycles. The average Bonchev–Trinajstić information content (AvgIpc) is 2.68. The number of aldehydes is 1. The standard InChI is InChI=1S/C20H11F3N2O2/c21-20(22,23)17-10-13(11-24)4-9-19(17)27-16-7-5-14(6-8-16)18-3-1-2-15(12-26)25-18/h1-10,12H. The molecular weight excluding hydrogens is 357 g/mol. The summed E-state index contributed by atoms with van der Waals surface area (Å²) in [6.07, 6.45) is -4.02. The van der Waals surface area contributed by atoms with Crippen LogP contribution in [0.2, 0.25) is 0 Å². The van der Waals surface area contributed by atoms with Crippen LogP contribution in [0, 0.1) is 11.3 Å². The second-order valence-electron chi connectivity index (χ2n) is 5.51. The smallest absolute Gasteiger partial charge is 0.420 e. The van der Waals surface area contributed by atoms with Crippen molar-refractivity contribution < 1.29 is 22.7 Å². The molecule has 27 heavy (non-hydrogen) atoms. The van der Waals surface area contributed by atoms with Gasteiger partial charge in [-0.2, -0.15) is 18.4 Å². The SMILES string of the molecule is N#Cc1ccc(Oc2ccc(-c3cccc(C=O)n3)cc2)c(C(F)(F)F)c1. The summed E-state index contributed by atoms with van der Waals surface area (Å²) in [5, 5.41) is 8.80. The molecule has 0 aliphatic rings. The van der Waals surface area contributed by atoms with Crippen molar-refractivity contribution in [3.8, 4) is 28.8 Å². The van der Waals surface area contributed by atoms with E-state index in [1.165, 1.54) is 18.2 Å². The quantitative estimate of drug-likeness (QED) is 0.591. The molecule has 0 unspecified atom stereocenters. The number of pyridine rings is 1. The van der Waals surface area contributed by atoms with E-state index in [9.17, 15) is 18.0 Å². The molecule has 4 nitrogen and oxygen atoms in total. The Morgan fingerprint density at radius 2 is 1.78 bits per heavy atom. The summed E-state index contributed by atoms with van der Waals surface area (Å²) < 4.78 is 45.0. The highest BCUT2D eigenvalue weighted by molar-refractivity contribution is 5.73. The van der Waals surface area contributed by atoms with Gasteiger partial charge >= 0.3 is 6.18 Å². The molecule has 0 bridgehead atoms. The van der Waals surface area contributed by atoms with Gasteiger partial charge in [-0.1, -0.05) is 6.07 Å². The first-order chi connectivity index (χ1) is 12.9. The maximum atomic E-state index is 13.2. The van der Waals surface area contributed by atoms with E-state index < -0.39 is 17.5 Å². The van der Waals surface area contributed by atoms with Crippen LogP contribution < -0.4 is 4.74 Å². The minimum atomic E-state index is -4.65. The zero-order chi connectivity index (χ0) is 19.4. The lowest BCUT2D eigenvalue weighted by Gasteiger charge is -2.14. The molecule has 1 heterocycles. The minimum Gasteiger partial charge on any atom is -0.457 e. The van der Waals surface area contributed by atoms with Gasteiger partial charge in [0.25, 0.3) is 0 Å². The first kappa shape index (κ1) is 18.1. The number of carbonyl (C=O) groups is 1. The fourth-order valence-corrected chi connectivity index (χ4v) is 2.41. The van der Waals surface area contributed by atoms with E-state index in [1.807, 2.05) is 0 Å². The Balaban J connectivity index is 1.89. The van der Waals surface area contributed by atoms with Gasteiger partial charge in [0.05, 0.1) is 22.9 Å². The third kappa shape index (κ3) is 4.12. The van der Waals surface area contributed by atoms with E-state index in [1.54, 1.807) is 36.4 Å². The summed E-state index contributed by atoms with van der Waals surface area (Å²) in [6.45, 7) is 0. The molecular formula is C20H11F3N2O2. The van der Waals surface area contributed by atoms with E-state index in [-0.39, 0.29) is 17.0 Å². The highest BCUT2D eigenvalue weighted by Crippen LogP contribution is 2.38. The molecule has 1 aromatic heterocycles. The molecule has 3 rings (SSSR count). The number of ether oxygens (including phenoxy) is 1. The first-order valence-electron chi connectivity index (χ1n) is 7.72. The summed E-state index contributed by atoms with van der Waals surface area (Å²) in [5.41, 5.74) is 0.389. The number of nitriles is 1. The Morgan fingerprint density at radius 1 is 1.04 bits per heavy atom. The topological polar surface area (TPSA) is 63.0 Å². The molecule has 0 radical (unpaired) electrons. The Kier molecular flexibility index (Phi) is 4.90. The number of alkyl halides is 3. The molecule has 134 valence electrons.